The summed E-state index contributed by atoms with van der Waals surface area (Å²) in [7, 11) is 0. The molecule has 300 valence electrons. The first kappa shape index (κ1) is 43.2. The van der Waals surface area contributed by atoms with Crippen LogP contribution in [0.4, 0.5) is 0 Å². The third-order valence-corrected chi connectivity index (χ3v) is 11.9. The molecule has 0 spiro atoms. The molecule has 1 aliphatic carbocycles. The molecule has 2 aliphatic heterocycles. The number of hydrogen-bond acceptors (Lipinski definition) is 7. The Kier molecular flexibility index (Phi) is 19.1. The zero-order valence-electron chi connectivity index (χ0n) is 33.4. The number of ether oxygens (including phenoxy) is 2. The second-order valence-corrected chi connectivity index (χ2v) is 16.6. The number of amides is 3. The summed E-state index contributed by atoms with van der Waals surface area (Å²) in [6.45, 7) is 14.7. The van der Waals surface area contributed by atoms with Gasteiger partial charge in [0.05, 0.1) is 25.4 Å². The summed E-state index contributed by atoms with van der Waals surface area (Å²) in [6.07, 6.45) is 9.48. The molecule has 3 N–H and O–H groups in total. The Bertz CT molecular complexity index is 1200. The topological polar surface area (TPSA) is 120 Å². The number of hydrogen-bond donors (Lipinski definition) is 3. The van der Waals surface area contributed by atoms with Crippen LogP contribution in [-0.2, 0) is 30.3 Å². The minimum atomic E-state index is -0.892. The van der Waals surface area contributed by atoms with Gasteiger partial charge in [0.1, 0.15) is 12.2 Å². The molecule has 3 aliphatic rings. The maximum Gasteiger partial charge on any atom is 0.252 e. The van der Waals surface area contributed by atoms with E-state index in [1.54, 1.807) is 0 Å². The second kappa shape index (κ2) is 23.4. The molecule has 5 unspecified atom stereocenters. The first-order valence-electron chi connectivity index (χ1n) is 21.2. The molecule has 2 saturated heterocycles. The van der Waals surface area contributed by atoms with Crippen LogP contribution < -0.4 is 10.6 Å². The van der Waals surface area contributed by atoms with Gasteiger partial charge in [-0.25, -0.2) is 0 Å². The summed E-state index contributed by atoms with van der Waals surface area (Å²) in [5.74, 6) is 0.269. The normalized spacial score (nSPS) is 20.8. The smallest absolute Gasteiger partial charge is 0.252 e. The molecule has 2 heterocycles. The van der Waals surface area contributed by atoms with Crippen molar-refractivity contribution in [1.82, 2.24) is 20.4 Å². The summed E-state index contributed by atoms with van der Waals surface area (Å²) in [6, 6.07) is 9.39. The number of carbonyl (C=O) groups is 3. The molecule has 5 atom stereocenters. The summed E-state index contributed by atoms with van der Waals surface area (Å²) >= 11 is 0. The lowest BCUT2D eigenvalue weighted by Crippen LogP contribution is -2.52. The molecule has 1 aromatic carbocycles. The Balaban J connectivity index is 1.46. The number of rotatable bonds is 21. The number of likely N-dealkylation sites (tertiary alicyclic amines) is 1. The number of benzene rings is 1. The highest BCUT2D eigenvalue weighted by atomic mass is 16.5. The number of piperidine rings is 1. The van der Waals surface area contributed by atoms with Crippen molar-refractivity contribution in [2.45, 2.75) is 142 Å². The second-order valence-electron chi connectivity index (χ2n) is 16.6. The fourth-order valence-electron chi connectivity index (χ4n) is 8.25. The van der Waals surface area contributed by atoms with Crippen LogP contribution >= 0.6 is 0 Å². The first-order valence-corrected chi connectivity index (χ1v) is 21.2. The van der Waals surface area contributed by atoms with Crippen LogP contribution in [0.15, 0.2) is 30.3 Å². The highest BCUT2D eigenvalue weighted by molar-refractivity contribution is 5.84. The SMILES string of the molecule is CCCCC(OC(Cc1ccccc1)C(=O)N1CCC(C)CC1)C(=O)NC(CC1CCCCC1)C(O)CC(C(=O)NCCCN1CCOCC1)C(C)C. The lowest BCUT2D eigenvalue weighted by Gasteiger charge is -2.35. The van der Waals surface area contributed by atoms with Crippen LogP contribution in [0.2, 0.25) is 0 Å². The first-order chi connectivity index (χ1) is 25.6. The van der Waals surface area contributed by atoms with Gasteiger partial charge in [0.2, 0.25) is 11.8 Å². The fourth-order valence-corrected chi connectivity index (χ4v) is 8.25. The number of morpholine rings is 1. The highest BCUT2D eigenvalue weighted by Crippen LogP contribution is 2.30. The summed E-state index contributed by atoms with van der Waals surface area (Å²) in [5, 5.41) is 18.3. The lowest BCUT2D eigenvalue weighted by atomic mass is 9.81. The van der Waals surface area contributed by atoms with E-state index in [0.717, 1.165) is 96.2 Å². The van der Waals surface area contributed by atoms with Crippen LogP contribution in [0.1, 0.15) is 117 Å². The third-order valence-electron chi connectivity index (χ3n) is 11.9. The molecule has 0 bridgehead atoms. The minimum absolute atomic E-state index is 0.0260. The molecule has 10 heteroatoms. The van der Waals surface area contributed by atoms with Crippen LogP contribution in [0, 0.1) is 23.7 Å². The van der Waals surface area contributed by atoms with Gasteiger partial charge in [-0.15, -0.1) is 0 Å². The van der Waals surface area contributed by atoms with Crippen molar-refractivity contribution in [3.05, 3.63) is 35.9 Å². The van der Waals surface area contributed by atoms with Gasteiger partial charge in [0, 0.05) is 45.1 Å². The Morgan fingerprint density at radius 2 is 1.62 bits per heavy atom. The van der Waals surface area contributed by atoms with Crippen molar-refractivity contribution in [3.63, 3.8) is 0 Å². The molecule has 3 fully saturated rings. The molecule has 0 radical (unpaired) electrons. The Morgan fingerprint density at radius 1 is 0.925 bits per heavy atom. The average molecular weight is 741 g/mol. The summed E-state index contributed by atoms with van der Waals surface area (Å²) in [4.78, 5) is 46.2. The zero-order chi connectivity index (χ0) is 38.0. The molecular weight excluding hydrogens is 668 g/mol. The monoisotopic (exact) mass is 741 g/mol. The number of nitrogens with one attached hydrogen (secondary N) is 2. The average Bonchev–Trinajstić information content (AvgIpc) is 3.17. The number of aliphatic hydroxyl groups is 1. The molecule has 53 heavy (non-hydrogen) atoms. The molecule has 1 saturated carbocycles. The zero-order valence-corrected chi connectivity index (χ0v) is 33.4. The van der Waals surface area contributed by atoms with Crippen LogP contribution in [0.5, 0.6) is 0 Å². The quantitative estimate of drug-likeness (QED) is 0.137. The minimum Gasteiger partial charge on any atom is -0.391 e. The Labute approximate surface area is 320 Å². The Hall–Kier alpha value is -2.53. The van der Waals surface area contributed by atoms with Gasteiger partial charge in [-0.1, -0.05) is 103 Å². The van der Waals surface area contributed by atoms with Gasteiger partial charge >= 0.3 is 0 Å². The van der Waals surface area contributed by atoms with E-state index in [0.29, 0.717) is 50.7 Å². The largest absolute Gasteiger partial charge is 0.391 e. The maximum absolute atomic E-state index is 14.3. The third kappa shape index (κ3) is 14.9. The summed E-state index contributed by atoms with van der Waals surface area (Å²) in [5.41, 5.74) is 0.996. The van der Waals surface area contributed by atoms with E-state index in [4.69, 9.17) is 9.47 Å². The van der Waals surface area contributed by atoms with Gasteiger partial charge in [0.15, 0.2) is 0 Å². The summed E-state index contributed by atoms with van der Waals surface area (Å²) < 4.78 is 12.1. The number of nitrogens with zero attached hydrogens (tertiary/aromatic N) is 2. The van der Waals surface area contributed by atoms with E-state index in [1.807, 2.05) is 49.1 Å². The molecule has 10 nitrogen and oxygen atoms in total. The molecular formula is C43H72N4O6. The Morgan fingerprint density at radius 3 is 2.28 bits per heavy atom. The standard InChI is InChI=1S/C43H72N4O6/c1-5-6-18-39(53-40(30-35-16-11-8-12-17-35)43(51)47-23-19-33(4)20-24-47)42(50)45-37(29-34-14-9-7-10-15-34)38(48)31-36(32(2)3)41(49)44-21-13-22-46-25-27-52-28-26-46/h8,11-12,16-17,32-34,36-40,48H,5-7,9-10,13-15,18-31H2,1-4H3,(H,44,49)(H,45,50). The van der Waals surface area contributed by atoms with Gasteiger partial charge in [-0.05, 0) is 68.4 Å². The predicted octanol–water partition coefficient (Wildman–Crippen LogP) is 5.75. The lowest BCUT2D eigenvalue weighted by molar-refractivity contribution is -0.155. The van der Waals surface area contributed by atoms with E-state index in [2.05, 4.69) is 29.4 Å². The van der Waals surface area contributed by atoms with E-state index in [1.165, 1.54) is 6.42 Å². The number of carbonyl (C=O) groups excluding carboxylic acids is 3. The van der Waals surface area contributed by atoms with E-state index < -0.39 is 24.4 Å². The van der Waals surface area contributed by atoms with Crippen LogP contribution in [-0.4, -0.2) is 109 Å². The van der Waals surface area contributed by atoms with Crippen LogP contribution in [0.25, 0.3) is 0 Å². The van der Waals surface area contributed by atoms with Gasteiger partial charge in [-0.2, -0.15) is 0 Å². The molecule has 4 rings (SSSR count). The van der Waals surface area contributed by atoms with Crippen LogP contribution in [0.3, 0.4) is 0 Å². The molecule has 3 amide bonds. The van der Waals surface area contributed by atoms with Gasteiger partial charge in [-0.3, -0.25) is 19.3 Å². The predicted molar refractivity (Wildman–Crippen MR) is 210 cm³/mol. The van der Waals surface area contributed by atoms with E-state index in [-0.39, 0.29) is 36.0 Å². The van der Waals surface area contributed by atoms with Crippen molar-refractivity contribution in [2.75, 3.05) is 52.5 Å². The van der Waals surface area contributed by atoms with E-state index in [9.17, 15) is 19.5 Å². The molecule has 1 aromatic rings. The fraction of sp³-hybridized carbons (Fsp3) is 0.791. The van der Waals surface area contributed by atoms with Gasteiger partial charge in [0.25, 0.3) is 5.91 Å². The number of aliphatic hydroxyl groups excluding tert-OH is 1. The maximum atomic E-state index is 14.3. The van der Waals surface area contributed by atoms with E-state index >= 15 is 0 Å². The van der Waals surface area contributed by atoms with Crippen molar-refractivity contribution < 1.29 is 29.0 Å². The number of unbranched alkanes of at least 4 members (excludes halogenated alkanes) is 1. The van der Waals surface area contributed by atoms with Gasteiger partial charge < -0.3 is 30.1 Å². The van der Waals surface area contributed by atoms with Crippen molar-refractivity contribution in [3.8, 4) is 0 Å². The van der Waals surface area contributed by atoms with Crippen molar-refractivity contribution in [1.29, 1.82) is 0 Å². The molecule has 0 aromatic heterocycles. The highest BCUT2D eigenvalue weighted by Gasteiger charge is 2.36. The van der Waals surface area contributed by atoms with Crippen molar-refractivity contribution in [2.24, 2.45) is 23.7 Å². The van der Waals surface area contributed by atoms with Crippen molar-refractivity contribution >= 4 is 17.7 Å².